The highest BCUT2D eigenvalue weighted by Gasteiger charge is 2.49. The van der Waals surface area contributed by atoms with E-state index in [4.69, 9.17) is 4.74 Å². The van der Waals surface area contributed by atoms with Gasteiger partial charge in [0.25, 0.3) is 11.7 Å². The molecule has 150 valence electrons. The molecule has 1 aliphatic carbocycles. The van der Waals surface area contributed by atoms with Gasteiger partial charge in [-0.15, -0.1) is 0 Å². The fourth-order valence-electron chi connectivity index (χ4n) is 4.50. The van der Waals surface area contributed by atoms with Crippen LogP contribution in [0.5, 0.6) is 5.75 Å². The molecule has 1 saturated heterocycles. The van der Waals surface area contributed by atoms with E-state index in [9.17, 15) is 14.7 Å². The molecule has 1 saturated carbocycles. The number of aliphatic hydroxyl groups excluding tert-OH is 1. The van der Waals surface area contributed by atoms with E-state index in [0.717, 1.165) is 36.8 Å². The fourth-order valence-corrected chi connectivity index (χ4v) is 4.50. The molecule has 2 aliphatic rings. The fraction of sp³-hybridized carbons (Fsp3) is 0.333. The number of carbonyl (C=O) groups excluding carboxylic acids is 2. The number of hydrogen-bond donors (Lipinski definition) is 1. The minimum atomic E-state index is -0.622. The number of rotatable bonds is 4. The van der Waals surface area contributed by atoms with Gasteiger partial charge in [-0.1, -0.05) is 54.8 Å². The van der Waals surface area contributed by atoms with Gasteiger partial charge in [0.1, 0.15) is 11.5 Å². The first kappa shape index (κ1) is 19.2. The van der Waals surface area contributed by atoms with Crippen molar-refractivity contribution in [2.75, 3.05) is 7.11 Å². The molecule has 5 nitrogen and oxygen atoms in total. The highest BCUT2D eigenvalue weighted by atomic mass is 16.5. The number of aryl methyl sites for hydroxylation is 1. The highest BCUT2D eigenvalue weighted by Crippen LogP contribution is 2.43. The summed E-state index contributed by atoms with van der Waals surface area (Å²) in [5, 5.41) is 11.1. The van der Waals surface area contributed by atoms with Crippen LogP contribution in [0.1, 0.15) is 48.4 Å². The van der Waals surface area contributed by atoms with Crippen molar-refractivity contribution in [1.29, 1.82) is 0 Å². The summed E-state index contributed by atoms with van der Waals surface area (Å²) in [6.07, 6.45) is 3.86. The van der Waals surface area contributed by atoms with Crippen molar-refractivity contribution < 1.29 is 19.4 Å². The molecule has 1 unspecified atom stereocenters. The van der Waals surface area contributed by atoms with Crippen LogP contribution in [-0.4, -0.2) is 34.8 Å². The predicted octanol–water partition coefficient (Wildman–Crippen LogP) is 4.37. The zero-order valence-electron chi connectivity index (χ0n) is 16.7. The van der Waals surface area contributed by atoms with E-state index in [0.29, 0.717) is 11.3 Å². The van der Waals surface area contributed by atoms with Crippen molar-refractivity contribution >= 4 is 17.4 Å². The molecule has 1 N–H and O–H groups in total. The summed E-state index contributed by atoms with van der Waals surface area (Å²) in [4.78, 5) is 27.8. The first-order chi connectivity index (χ1) is 14.0. The zero-order valence-corrected chi connectivity index (χ0v) is 16.7. The zero-order chi connectivity index (χ0) is 20.5. The summed E-state index contributed by atoms with van der Waals surface area (Å²) in [7, 11) is 1.55. The van der Waals surface area contributed by atoms with Gasteiger partial charge in [-0.3, -0.25) is 9.59 Å². The van der Waals surface area contributed by atoms with E-state index in [1.165, 1.54) is 0 Å². The Bertz CT molecular complexity index is 988. The number of Topliss-reactive ketones (excluding diaryl/α,β-unsaturated/α-hetero) is 1. The van der Waals surface area contributed by atoms with E-state index in [1.54, 1.807) is 36.3 Å². The summed E-state index contributed by atoms with van der Waals surface area (Å²) >= 11 is 0. The normalized spacial score (nSPS) is 21.7. The number of nitrogens with zero attached hydrogens (tertiary/aromatic N) is 1. The molecule has 0 radical (unpaired) electrons. The van der Waals surface area contributed by atoms with Crippen molar-refractivity contribution in [3.63, 3.8) is 0 Å². The van der Waals surface area contributed by atoms with Crippen molar-refractivity contribution in [1.82, 2.24) is 4.90 Å². The van der Waals surface area contributed by atoms with Gasteiger partial charge < -0.3 is 14.7 Å². The topological polar surface area (TPSA) is 66.8 Å². The van der Waals surface area contributed by atoms with Crippen molar-refractivity contribution in [2.45, 2.75) is 44.7 Å². The molecule has 0 aromatic heterocycles. The van der Waals surface area contributed by atoms with E-state index >= 15 is 0 Å². The van der Waals surface area contributed by atoms with Crippen LogP contribution in [0.2, 0.25) is 0 Å². The largest absolute Gasteiger partial charge is 0.507 e. The van der Waals surface area contributed by atoms with Gasteiger partial charge in [-0.2, -0.15) is 0 Å². The minimum Gasteiger partial charge on any atom is -0.507 e. The Kier molecular flexibility index (Phi) is 5.14. The van der Waals surface area contributed by atoms with E-state index < -0.39 is 17.7 Å². The lowest BCUT2D eigenvalue weighted by atomic mass is 9.93. The van der Waals surface area contributed by atoms with Crippen LogP contribution in [0, 0.1) is 6.92 Å². The maximum atomic E-state index is 13.1. The highest BCUT2D eigenvalue weighted by molar-refractivity contribution is 6.46. The number of hydrogen-bond acceptors (Lipinski definition) is 4. The number of benzene rings is 2. The van der Waals surface area contributed by atoms with Gasteiger partial charge in [0, 0.05) is 11.6 Å². The Labute approximate surface area is 170 Å². The standard InChI is InChI=1S/C24H25NO4/c1-15-7-5-8-16(13-15)21-20(22(26)17-9-6-12-19(14-17)29-2)23(27)24(28)25(21)18-10-3-4-11-18/h5-9,12-14,18,21,26H,3-4,10-11H2,1-2H3/b22-20-. The van der Waals surface area contributed by atoms with Crippen LogP contribution in [0.4, 0.5) is 0 Å². The van der Waals surface area contributed by atoms with Gasteiger partial charge in [-0.25, -0.2) is 0 Å². The van der Waals surface area contributed by atoms with Crippen LogP contribution in [0.15, 0.2) is 54.1 Å². The van der Waals surface area contributed by atoms with Gasteiger partial charge in [0.15, 0.2) is 0 Å². The van der Waals surface area contributed by atoms with Crippen molar-refractivity contribution in [3.05, 3.63) is 70.8 Å². The molecule has 2 aromatic carbocycles. The summed E-state index contributed by atoms with van der Waals surface area (Å²) in [5.41, 5.74) is 2.51. The molecule has 1 heterocycles. The number of aliphatic hydroxyl groups is 1. The molecule has 2 aromatic rings. The first-order valence-corrected chi connectivity index (χ1v) is 10.0. The molecule has 0 bridgehead atoms. The van der Waals surface area contributed by atoms with Crippen LogP contribution >= 0.6 is 0 Å². The molecule has 0 spiro atoms. The van der Waals surface area contributed by atoms with Gasteiger partial charge in [0.2, 0.25) is 0 Å². The number of ketones is 1. The smallest absolute Gasteiger partial charge is 0.295 e. The van der Waals surface area contributed by atoms with Crippen LogP contribution < -0.4 is 4.74 Å². The second-order valence-corrected chi connectivity index (χ2v) is 7.79. The van der Waals surface area contributed by atoms with E-state index in [-0.39, 0.29) is 17.4 Å². The number of ether oxygens (including phenoxy) is 1. The van der Waals surface area contributed by atoms with E-state index in [1.807, 2.05) is 31.2 Å². The van der Waals surface area contributed by atoms with Gasteiger partial charge in [-0.05, 0) is 37.5 Å². The average Bonchev–Trinajstić information content (AvgIpc) is 3.34. The summed E-state index contributed by atoms with van der Waals surface area (Å²) in [6.45, 7) is 1.98. The molecule has 2 fully saturated rings. The molecule has 29 heavy (non-hydrogen) atoms. The number of methoxy groups -OCH3 is 1. The Morgan fingerprint density at radius 3 is 2.48 bits per heavy atom. The third kappa shape index (κ3) is 3.41. The summed E-state index contributed by atoms with van der Waals surface area (Å²) in [5.74, 6) is -0.725. The van der Waals surface area contributed by atoms with Gasteiger partial charge >= 0.3 is 0 Å². The Hall–Kier alpha value is -3.08. The Balaban J connectivity index is 1.89. The van der Waals surface area contributed by atoms with Crippen molar-refractivity contribution in [2.24, 2.45) is 0 Å². The van der Waals surface area contributed by atoms with Crippen LogP contribution in [-0.2, 0) is 9.59 Å². The Morgan fingerprint density at radius 1 is 1.07 bits per heavy atom. The van der Waals surface area contributed by atoms with Crippen LogP contribution in [0.25, 0.3) is 5.76 Å². The number of carbonyl (C=O) groups is 2. The SMILES string of the molecule is COc1cccc(/C(O)=C2/C(=O)C(=O)N(C3CCCC3)C2c2cccc(C)c2)c1. The quantitative estimate of drug-likeness (QED) is 0.477. The lowest BCUT2D eigenvalue weighted by molar-refractivity contribution is -0.141. The van der Waals surface area contributed by atoms with Gasteiger partial charge in [0.05, 0.1) is 18.7 Å². The monoisotopic (exact) mass is 391 g/mol. The first-order valence-electron chi connectivity index (χ1n) is 10.0. The average molecular weight is 391 g/mol. The second kappa shape index (κ2) is 7.74. The molecule has 1 aliphatic heterocycles. The maximum absolute atomic E-state index is 13.1. The lowest BCUT2D eigenvalue weighted by Gasteiger charge is -2.31. The molecule has 1 atom stereocenters. The lowest BCUT2D eigenvalue weighted by Crippen LogP contribution is -2.37. The Morgan fingerprint density at radius 2 is 1.79 bits per heavy atom. The molecule has 4 rings (SSSR count). The van der Waals surface area contributed by atoms with Crippen LogP contribution in [0.3, 0.4) is 0 Å². The molecule has 5 heteroatoms. The molecule has 1 amide bonds. The summed E-state index contributed by atoms with van der Waals surface area (Å²) in [6, 6.07) is 14.2. The second-order valence-electron chi connectivity index (χ2n) is 7.79. The predicted molar refractivity (Wildman–Crippen MR) is 111 cm³/mol. The summed E-state index contributed by atoms with van der Waals surface area (Å²) < 4.78 is 5.25. The minimum absolute atomic E-state index is 0.0209. The van der Waals surface area contributed by atoms with Crippen molar-refractivity contribution in [3.8, 4) is 5.75 Å². The number of likely N-dealkylation sites (tertiary alicyclic amines) is 1. The third-order valence-corrected chi connectivity index (χ3v) is 5.90. The number of amides is 1. The molecular weight excluding hydrogens is 366 g/mol. The molecular formula is C24H25NO4. The maximum Gasteiger partial charge on any atom is 0.295 e. The third-order valence-electron chi connectivity index (χ3n) is 5.90. The van der Waals surface area contributed by atoms with E-state index in [2.05, 4.69) is 0 Å².